The first-order valence-corrected chi connectivity index (χ1v) is 7.61. The summed E-state index contributed by atoms with van der Waals surface area (Å²) in [7, 11) is 0. The maximum Gasteiger partial charge on any atom is 0.321 e. The molecule has 116 valence electrons. The fraction of sp³-hybridized carbons (Fsp3) is 0.176. The number of carbonyl (C=O) groups excluding carboxylic acids is 1. The Balaban J connectivity index is 1.53. The Morgan fingerprint density at radius 3 is 3.00 bits per heavy atom. The molecule has 0 atom stereocenters. The summed E-state index contributed by atoms with van der Waals surface area (Å²) in [5, 5.41) is 14.5. The van der Waals surface area contributed by atoms with E-state index in [9.17, 15) is 4.79 Å². The number of hydrogen-bond donors (Lipinski definition) is 3. The van der Waals surface area contributed by atoms with Gasteiger partial charge in [-0.2, -0.15) is 5.10 Å². The van der Waals surface area contributed by atoms with Crippen LogP contribution < -0.4 is 15.5 Å². The summed E-state index contributed by atoms with van der Waals surface area (Å²) in [6, 6.07) is 14.0. The number of H-pyrrole nitrogens is 1. The fourth-order valence-corrected chi connectivity index (χ4v) is 2.88. The Labute approximate surface area is 133 Å². The van der Waals surface area contributed by atoms with Crippen LogP contribution >= 0.6 is 0 Å². The molecular weight excluding hydrogens is 290 g/mol. The number of aromatic nitrogens is 2. The Bertz CT molecular complexity index is 857. The topological polar surface area (TPSA) is 73.1 Å². The van der Waals surface area contributed by atoms with E-state index in [1.165, 1.54) is 0 Å². The summed E-state index contributed by atoms with van der Waals surface area (Å²) in [6.45, 7) is 2.09. The van der Waals surface area contributed by atoms with E-state index in [-0.39, 0.29) is 6.03 Å². The van der Waals surface area contributed by atoms with Crippen LogP contribution in [0, 0.1) is 0 Å². The summed E-state index contributed by atoms with van der Waals surface area (Å²) < 4.78 is 0. The number of benzene rings is 2. The first-order valence-electron chi connectivity index (χ1n) is 7.61. The van der Waals surface area contributed by atoms with Gasteiger partial charge in [-0.1, -0.05) is 24.3 Å². The summed E-state index contributed by atoms with van der Waals surface area (Å²) in [4.78, 5) is 13.5. The zero-order valence-electron chi connectivity index (χ0n) is 12.5. The monoisotopic (exact) mass is 307 g/mol. The van der Waals surface area contributed by atoms with Gasteiger partial charge in [0.25, 0.3) is 0 Å². The van der Waals surface area contributed by atoms with Crippen molar-refractivity contribution in [2.24, 2.45) is 0 Å². The van der Waals surface area contributed by atoms with Gasteiger partial charge in [-0.05, 0) is 23.8 Å². The van der Waals surface area contributed by atoms with Crippen LogP contribution in [-0.4, -0.2) is 29.3 Å². The van der Waals surface area contributed by atoms with E-state index in [0.29, 0.717) is 19.6 Å². The SMILES string of the molecule is O=C1NCCN1c1cccc(NCc2cccc3cn[nH]c23)c1. The van der Waals surface area contributed by atoms with E-state index in [0.717, 1.165) is 27.8 Å². The molecule has 0 saturated carbocycles. The molecule has 0 radical (unpaired) electrons. The molecule has 3 aromatic rings. The van der Waals surface area contributed by atoms with Crippen LogP contribution in [0.3, 0.4) is 0 Å². The number of hydrogen-bond acceptors (Lipinski definition) is 3. The van der Waals surface area contributed by atoms with Gasteiger partial charge in [0.1, 0.15) is 0 Å². The lowest BCUT2D eigenvalue weighted by Crippen LogP contribution is -2.27. The van der Waals surface area contributed by atoms with Gasteiger partial charge in [0, 0.05) is 36.4 Å². The Hall–Kier alpha value is -3.02. The van der Waals surface area contributed by atoms with Crippen molar-refractivity contribution in [1.82, 2.24) is 15.5 Å². The molecule has 4 rings (SSSR count). The van der Waals surface area contributed by atoms with Crippen molar-refractivity contribution >= 4 is 28.3 Å². The molecule has 1 fully saturated rings. The van der Waals surface area contributed by atoms with E-state index < -0.39 is 0 Å². The highest BCUT2D eigenvalue weighted by molar-refractivity contribution is 5.94. The number of para-hydroxylation sites is 1. The molecule has 3 N–H and O–H groups in total. The molecule has 1 saturated heterocycles. The molecule has 23 heavy (non-hydrogen) atoms. The van der Waals surface area contributed by atoms with Crippen LogP contribution in [-0.2, 0) is 6.54 Å². The van der Waals surface area contributed by atoms with E-state index in [1.54, 1.807) is 4.90 Å². The molecule has 2 aromatic carbocycles. The summed E-state index contributed by atoms with van der Waals surface area (Å²) in [6.07, 6.45) is 1.82. The number of aromatic amines is 1. The fourth-order valence-electron chi connectivity index (χ4n) is 2.88. The van der Waals surface area contributed by atoms with Crippen LogP contribution in [0.1, 0.15) is 5.56 Å². The maximum absolute atomic E-state index is 11.8. The van der Waals surface area contributed by atoms with Crippen molar-refractivity contribution in [3.8, 4) is 0 Å². The molecule has 1 aliphatic rings. The van der Waals surface area contributed by atoms with Crippen LogP contribution in [0.15, 0.2) is 48.7 Å². The van der Waals surface area contributed by atoms with E-state index in [4.69, 9.17) is 0 Å². The van der Waals surface area contributed by atoms with Crippen LogP contribution in [0.5, 0.6) is 0 Å². The largest absolute Gasteiger partial charge is 0.381 e. The highest BCUT2D eigenvalue weighted by atomic mass is 16.2. The van der Waals surface area contributed by atoms with Crippen molar-refractivity contribution in [2.45, 2.75) is 6.54 Å². The van der Waals surface area contributed by atoms with Gasteiger partial charge in [-0.25, -0.2) is 4.79 Å². The molecule has 0 unspecified atom stereocenters. The highest BCUT2D eigenvalue weighted by Gasteiger charge is 2.20. The Morgan fingerprint density at radius 1 is 1.22 bits per heavy atom. The highest BCUT2D eigenvalue weighted by Crippen LogP contribution is 2.22. The average Bonchev–Trinajstić information content (AvgIpc) is 3.22. The van der Waals surface area contributed by atoms with Crippen molar-refractivity contribution in [1.29, 1.82) is 0 Å². The lowest BCUT2D eigenvalue weighted by molar-refractivity contribution is 0.252. The normalized spacial score (nSPS) is 14.3. The third-order valence-electron chi connectivity index (χ3n) is 4.06. The molecule has 0 bridgehead atoms. The molecule has 0 spiro atoms. The molecular formula is C17H17N5O. The van der Waals surface area contributed by atoms with Crippen LogP contribution in [0.25, 0.3) is 10.9 Å². The molecule has 6 heteroatoms. The zero-order valence-corrected chi connectivity index (χ0v) is 12.5. The van der Waals surface area contributed by atoms with Crippen molar-refractivity contribution in [2.75, 3.05) is 23.3 Å². The van der Waals surface area contributed by atoms with Gasteiger partial charge in [0.05, 0.1) is 11.7 Å². The quantitative estimate of drug-likeness (QED) is 0.694. The number of fused-ring (bicyclic) bond motifs is 1. The molecule has 2 heterocycles. The van der Waals surface area contributed by atoms with Crippen LogP contribution in [0.4, 0.5) is 16.2 Å². The summed E-state index contributed by atoms with van der Waals surface area (Å²) in [5.41, 5.74) is 4.10. The lowest BCUT2D eigenvalue weighted by Gasteiger charge is -2.16. The van der Waals surface area contributed by atoms with Crippen LogP contribution in [0.2, 0.25) is 0 Å². The minimum absolute atomic E-state index is 0.0376. The summed E-state index contributed by atoms with van der Waals surface area (Å²) >= 11 is 0. The van der Waals surface area contributed by atoms with Gasteiger partial charge in [-0.3, -0.25) is 10.00 Å². The third kappa shape index (κ3) is 2.59. The minimum atomic E-state index is -0.0376. The first-order chi connectivity index (χ1) is 11.3. The predicted octanol–water partition coefficient (Wildman–Crippen LogP) is 2.70. The zero-order chi connectivity index (χ0) is 15.6. The standard InChI is InChI=1S/C17H17N5O/c23-17-18-7-8-22(17)15-6-2-5-14(9-15)19-10-12-3-1-4-13-11-20-21-16(12)13/h1-6,9,11,19H,7-8,10H2,(H,18,23)(H,20,21). The Kier molecular flexibility index (Phi) is 3.34. The number of anilines is 2. The predicted molar refractivity (Wildman–Crippen MR) is 90.6 cm³/mol. The van der Waals surface area contributed by atoms with Crippen molar-refractivity contribution < 1.29 is 4.79 Å². The van der Waals surface area contributed by atoms with Gasteiger partial charge in [0.2, 0.25) is 0 Å². The molecule has 1 aromatic heterocycles. The Morgan fingerprint density at radius 2 is 2.13 bits per heavy atom. The number of nitrogens with one attached hydrogen (secondary N) is 3. The average molecular weight is 307 g/mol. The van der Waals surface area contributed by atoms with Crippen molar-refractivity contribution in [3.05, 3.63) is 54.2 Å². The molecule has 1 aliphatic heterocycles. The third-order valence-corrected chi connectivity index (χ3v) is 4.06. The summed E-state index contributed by atoms with van der Waals surface area (Å²) in [5.74, 6) is 0. The second-order valence-corrected chi connectivity index (χ2v) is 5.54. The smallest absolute Gasteiger partial charge is 0.321 e. The number of amides is 2. The molecule has 0 aliphatic carbocycles. The second-order valence-electron chi connectivity index (χ2n) is 5.54. The van der Waals surface area contributed by atoms with E-state index >= 15 is 0 Å². The second kappa shape index (κ2) is 5.64. The number of urea groups is 1. The number of nitrogens with zero attached hydrogens (tertiary/aromatic N) is 2. The van der Waals surface area contributed by atoms with Crippen molar-refractivity contribution in [3.63, 3.8) is 0 Å². The molecule has 6 nitrogen and oxygen atoms in total. The maximum atomic E-state index is 11.8. The van der Waals surface area contributed by atoms with Gasteiger partial charge in [-0.15, -0.1) is 0 Å². The first kappa shape index (κ1) is 13.6. The van der Waals surface area contributed by atoms with E-state index in [2.05, 4.69) is 26.9 Å². The number of carbonyl (C=O) groups is 1. The lowest BCUT2D eigenvalue weighted by atomic mass is 10.1. The van der Waals surface area contributed by atoms with Gasteiger partial charge < -0.3 is 10.6 Å². The van der Waals surface area contributed by atoms with Gasteiger partial charge in [0.15, 0.2) is 0 Å². The molecule has 2 amide bonds. The van der Waals surface area contributed by atoms with Gasteiger partial charge >= 0.3 is 6.03 Å². The number of rotatable bonds is 4. The van der Waals surface area contributed by atoms with E-state index in [1.807, 2.05) is 42.6 Å². The minimum Gasteiger partial charge on any atom is -0.381 e.